The van der Waals surface area contributed by atoms with Crippen LogP contribution in [0, 0.1) is 0 Å². The van der Waals surface area contributed by atoms with Crippen molar-refractivity contribution in [2.45, 2.75) is 32.7 Å². The molecule has 0 bridgehead atoms. The molecule has 1 amide bonds. The van der Waals surface area contributed by atoms with Crippen LogP contribution in [0.25, 0.3) is 22.0 Å². The van der Waals surface area contributed by atoms with Gasteiger partial charge in [0, 0.05) is 59.8 Å². The van der Waals surface area contributed by atoms with E-state index in [0.29, 0.717) is 28.3 Å². The highest BCUT2D eigenvalue weighted by atomic mass is 16.3. The SMILES string of the molecule is CC(C)Nc1ncc2cc(-c3cccc(NC(=O)c4ccnc(N5CCCC5)c4)c3)c(O)cc2n1. The zero-order valence-electron chi connectivity index (χ0n) is 19.8. The monoisotopic (exact) mass is 468 g/mol. The molecule has 1 aliphatic heterocycles. The summed E-state index contributed by atoms with van der Waals surface area (Å²) < 4.78 is 0. The molecule has 3 N–H and O–H groups in total. The number of hydrogen-bond donors (Lipinski definition) is 3. The maximum atomic E-state index is 12.9. The van der Waals surface area contributed by atoms with Gasteiger partial charge in [-0.3, -0.25) is 4.79 Å². The topological polar surface area (TPSA) is 103 Å². The number of nitrogens with zero attached hydrogens (tertiary/aromatic N) is 4. The van der Waals surface area contributed by atoms with Gasteiger partial charge in [-0.25, -0.2) is 15.0 Å². The molecule has 35 heavy (non-hydrogen) atoms. The van der Waals surface area contributed by atoms with Crippen LogP contribution >= 0.6 is 0 Å². The first kappa shape index (κ1) is 22.6. The van der Waals surface area contributed by atoms with Crippen molar-refractivity contribution in [3.05, 3.63) is 66.5 Å². The van der Waals surface area contributed by atoms with Crippen LogP contribution in [0.15, 0.2) is 60.9 Å². The summed E-state index contributed by atoms with van der Waals surface area (Å²) in [5, 5.41) is 17.7. The molecule has 178 valence electrons. The van der Waals surface area contributed by atoms with Gasteiger partial charge in [0.2, 0.25) is 5.95 Å². The molecule has 0 radical (unpaired) electrons. The Morgan fingerprint density at radius 1 is 1.06 bits per heavy atom. The minimum atomic E-state index is -0.202. The zero-order valence-corrected chi connectivity index (χ0v) is 19.8. The number of rotatable bonds is 6. The van der Waals surface area contributed by atoms with E-state index in [4.69, 9.17) is 0 Å². The average Bonchev–Trinajstić information content (AvgIpc) is 3.39. The maximum Gasteiger partial charge on any atom is 0.255 e. The smallest absolute Gasteiger partial charge is 0.255 e. The van der Waals surface area contributed by atoms with Crippen LogP contribution in [-0.4, -0.2) is 45.1 Å². The van der Waals surface area contributed by atoms with E-state index in [-0.39, 0.29) is 17.7 Å². The fourth-order valence-corrected chi connectivity index (χ4v) is 4.27. The van der Waals surface area contributed by atoms with Gasteiger partial charge in [0.05, 0.1) is 5.52 Å². The maximum absolute atomic E-state index is 12.9. The molecular weight excluding hydrogens is 440 g/mol. The molecule has 5 rings (SSSR count). The fourth-order valence-electron chi connectivity index (χ4n) is 4.27. The predicted molar refractivity (Wildman–Crippen MR) is 139 cm³/mol. The number of amides is 1. The van der Waals surface area contributed by atoms with Gasteiger partial charge in [-0.1, -0.05) is 12.1 Å². The molecule has 0 spiro atoms. The van der Waals surface area contributed by atoms with Crippen molar-refractivity contribution in [1.82, 2.24) is 15.0 Å². The van der Waals surface area contributed by atoms with E-state index >= 15 is 0 Å². The second-order valence-corrected chi connectivity index (χ2v) is 9.05. The van der Waals surface area contributed by atoms with Gasteiger partial charge < -0.3 is 20.6 Å². The molecular formula is C27H28N6O2. The Morgan fingerprint density at radius 2 is 1.89 bits per heavy atom. The van der Waals surface area contributed by atoms with Gasteiger partial charge in [-0.15, -0.1) is 0 Å². The first-order valence-corrected chi connectivity index (χ1v) is 11.9. The van der Waals surface area contributed by atoms with Crippen LogP contribution in [0.2, 0.25) is 0 Å². The van der Waals surface area contributed by atoms with E-state index in [1.54, 1.807) is 24.5 Å². The quantitative estimate of drug-likeness (QED) is 0.363. The summed E-state index contributed by atoms with van der Waals surface area (Å²) in [5.74, 6) is 1.26. The average molecular weight is 469 g/mol. The number of anilines is 3. The summed E-state index contributed by atoms with van der Waals surface area (Å²) in [7, 11) is 0. The van der Waals surface area contributed by atoms with Gasteiger partial charge >= 0.3 is 0 Å². The van der Waals surface area contributed by atoms with Gasteiger partial charge in [-0.2, -0.15) is 0 Å². The number of benzene rings is 2. The van der Waals surface area contributed by atoms with Crippen LogP contribution in [0.1, 0.15) is 37.0 Å². The molecule has 8 heteroatoms. The number of carbonyl (C=O) groups is 1. The highest BCUT2D eigenvalue weighted by molar-refractivity contribution is 6.05. The number of fused-ring (bicyclic) bond motifs is 1. The van der Waals surface area contributed by atoms with E-state index < -0.39 is 0 Å². The lowest BCUT2D eigenvalue weighted by molar-refractivity contribution is 0.102. The predicted octanol–water partition coefficient (Wildman–Crippen LogP) is 5.07. The first-order valence-electron chi connectivity index (χ1n) is 11.9. The Kier molecular flexibility index (Phi) is 6.18. The van der Waals surface area contributed by atoms with Gasteiger partial charge in [0.25, 0.3) is 5.91 Å². The van der Waals surface area contributed by atoms with Crippen molar-refractivity contribution in [2.75, 3.05) is 28.6 Å². The third kappa shape index (κ3) is 5.01. The summed E-state index contributed by atoms with van der Waals surface area (Å²) in [5.41, 5.74) is 3.27. The Hall–Kier alpha value is -4.20. The van der Waals surface area contributed by atoms with E-state index in [1.807, 2.05) is 50.2 Å². The summed E-state index contributed by atoms with van der Waals surface area (Å²) in [6, 6.07) is 14.7. The summed E-state index contributed by atoms with van der Waals surface area (Å²) in [6.45, 7) is 5.97. The fraction of sp³-hybridized carbons (Fsp3) is 0.259. The van der Waals surface area contributed by atoms with E-state index in [0.717, 1.165) is 42.7 Å². The van der Waals surface area contributed by atoms with E-state index in [2.05, 4.69) is 30.5 Å². The minimum absolute atomic E-state index is 0.111. The Balaban J connectivity index is 1.38. The molecule has 0 unspecified atom stereocenters. The molecule has 1 aliphatic rings. The second-order valence-electron chi connectivity index (χ2n) is 9.05. The number of pyridine rings is 1. The number of aromatic nitrogens is 3. The largest absolute Gasteiger partial charge is 0.507 e. The summed E-state index contributed by atoms with van der Waals surface area (Å²) >= 11 is 0. The standard InChI is InChI=1S/C27H28N6O2/c1-17(2)30-27-29-16-20-13-22(24(34)15-23(20)32-27)18-6-5-7-21(12-18)31-26(35)19-8-9-28-25(14-19)33-10-3-4-11-33/h5-9,12-17,34H,3-4,10-11H2,1-2H3,(H,31,35)(H,29,30,32). The molecule has 4 aromatic rings. The third-order valence-corrected chi connectivity index (χ3v) is 5.98. The van der Waals surface area contributed by atoms with Crippen molar-refractivity contribution in [3.8, 4) is 16.9 Å². The highest BCUT2D eigenvalue weighted by Gasteiger charge is 2.16. The Morgan fingerprint density at radius 3 is 2.69 bits per heavy atom. The van der Waals surface area contributed by atoms with E-state index in [9.17, 15) is 9.90 Å². The van der Waals surface area contributed by atoms with Gasteiger partial charge in [0.15, 0.2) is 0 Å². The molecule has 0 saturated carbocycles. The highest BCUT2D eigenvalue weighted by Crippen LogP contribution is 2.34. The Bertz CT molecular complexity index is 1380. The van der Waals surface area contributed by atoms with Gasteiger partial charge in [0.1, 0.15) is 11.6 Å². The molecule has 0 aliphatic carbocycles. The normalized spacial score (nSPS) is 13.4. The number of hydrogen-bond acceptors (Lipinski definition) is 7. The van der Waals surface area contributed by atoms with Crippen molar-refractivity contribution >= 4 is 34.3 Å². The van der Waals surface area contributed by atoms with Gasteiger partial charge in [-0.05, 0) is 62.6 Å². The lowest BCUT2D eigenvalue weighted by Gasteiger charge is -2.16. The molecule has 0 atom stereocenters. The lowest BCUT2D eigenvalue weighted by atomic mass is 10.0. The molecule has 8 nitrogen and oxygen atoms in total. The zero-order chi connectivity index (χ0) is 24.4. The molecule has 1 saturated heterocycles. The van der Waals surface area contributed by atoms with Crippen molar-refractivity contribution < 1.29 is 9.90 Å². The number of carbonyl (C=O) groups excluding carboxylic acids is 1. The summed E-state index contributed by atoms with van der Waals surface area (Å²) in [6.07, 6.45) is 5.71. The van der Waals surface area contributed by atoms with Crippen LogP contribution in [0.3, 0.4) is 0 Å². The van der Waals surface area contributed by atoms with Crippen LogP contribution < -0.4 is 15.5 Å². The van der Waals surface area contributed by atoms with E-state index in [1.165, 1.54) is 0 Å². The second kappa shape index (κ2) is 9.58. The molecule has 2 aromatic carbocycles. The number of aromatic hydroxyl groups is 1. The summed E-state index contributed by atoms with van der Waals surface area (Å²) in [4.78, 5) is 28.4. The van der Waals surface area contributed by atoms with Crippen LogP contribution in [0.5, 0.6) is 5.75 Å². The van der Waals surface area contributed by atoms with Crippen molar-refractivity contribution in [3.63, 3.8) is 0 Å². The van der Waals surface area contributed by atoms with Crippen LogP contribution in [-0.2, 0) is 0 Å². The van der Waals surface area contributed by atoms with Crippen LogP contribution in [0.4, 0.5) is 17.5 Å². The third-order valence-electron chi connectivity index (χ3n) is 5.98. The van der Waals surface area contributed by atoms with Crippen molar-refractivity contribution in [2.24, 2.45) is 0 Å². The van der Waals surface area contributed by atoms with Crippen molar-refractivity contribution in [1.29, 1.82) is 0 Å². The molecule has 2 aromatic heterocycles. The number of phenols is 1. The number of phenolic OH excluding ortho intramolecular Hbond substituents is 1. The number of nitrogens with one attached hydrogen (secondary N) is 2. The molecule has 1 fully saturated rings. The Labute approximate surface area is 204 Å². The molecule has 3 heterocycles. The first-order chi connectivity index (χ1) is 17.0. The lowest BCUT2D eigenvalue weighted by Crippen LogP contribution is -2.20. The minimum Gasteiger partial charge on any atom is -0.507 e.